The van der Waals surface area contributed by atoms with Crippen LogP contribution in [0.3, 0.4) is 0 Å². The van der Waals surface area contributed by atoms with Gasteiger partial charge in [0.05, 0.1) is 6.42 Å². The van der Waals surface area contributed by atoms with E-state index in [2.05, 4.69) is 5.92 Å². The molecule has 0 radical (unpaired) electrons. The highest BCUT2D eigenvalue weighted by atomic mass is 127. The van der Waals surface area contributed by atoms with Crippen molar-refractivity contribution in [1.82, 2.24) is 0 Å². The van der Waals surface area contributed by atoms with Gasteiger partial charge in [-0.15, -0.1) is 6.42 Å². The lowest BCUT2D eigenvalue weighted by atomic mass is 10.1. The van der Waals surface area contributed by atoms with Crippen LogP contribution in [0.25, 0.3) is 0 Å². The Morgan fingerprint density at radius 2 is 2.12 bits per heavy atom. The number of aldehydes is 1. The first-order valence-corrected chi connectivity index (χ1v) is 5.74. The summed E-state index contributed by atoms with van der Waals surface area (Å²) < 4.78 is 4.36. The molecule has 0 amide bonds. The van der Waals surface area contributed by atoms with Crippen molar-refractivity contribution in [2.24, 2.45) is 0 Å². The van der Waals surface area contributed by atoms with Gasteiger partial charge in [0.15, 0.2) is 0 Å². The van der Waals surface area contributed by atoms with Gasteiger partial charge in [-0.25, -0.2) is 0 Å². The van der Waals surface area contributed by atoms with Crippen molar-refractivity contribution in [3.8, 4) is 12.3 Å². The van der Waals surface area contributed by atoms with Crippen LogP contribution >= 0.6 is 22.6 Å². The maximum absolute atomic E-state index is 11.3. The van der Waals surface area contributed by atoms with E-state index >= 15 is 0 Å². The topological polar surface area (TPSA) is 43.4 Å². The van der Waals surface area contributed by atoms with E-state index in [-0.39, 0.29) is 12.4 Å². The van der Waals surface area contributed by atoms with E-state index in [1.165, 1.54) is 0 Å². The minimum absolute atomic E-state index is 0.153. The molecule has 0 aliphatic heterocycles. The molecule has 0 aliphatic rings. The lowest BCUT2D eigenvalue weighted by Gasteiger charge is -2.05. The third kappa shape index (κ3) is 4.03. The number of esters is 1. The van der Waals surface area contributed by atoms with E-state index in [4.69, 9.17) is 11.2 Å². The first-order chi connectivity index (χ1) is 7.65. The average molecular weight is 328 g/mol. The predicted molar refractivity (Wildman–Crippen MR) is 68.3 cm³/mol. The second kappa shape index (κ2) is 6.28. The number of hydrogen-bond donors (Lipinski definition) is 0. The highest BCUT2D eigenvalue weighted by Gasteiger charge is 2.08. The smallest absolute Gasteiger partial charge is 0.312 e. The van der Waals surface area contributed by atoms with Gasteiger partial charge in [-0.1, -0.05) is 30.2 Å². The quantitative estimate of drug-likeness (QED) is 0.279. The fraction of sp³-hybridized carbons (Fsp3) is 0.167. The van der Waals surface area contributed by atoms with E-state index in [9.17, 15) is 9.59 Å². The van der Waals surface area contributed by atoms with Crippen molar-refractivity contribution in [2.45, 2.75) is 10.5 Å². The van der Waals surface area contributed by atoms with Crippen molar-refractivity contribution in [3.63, 3.8) is 0 Å². The molecule has 0 bridgehead atoms. The zero-order valence-corrected chi connectivity index (χ0v) is 10.5. The Morgan fingerprint density at radius 1 is 1.50 bits per heavy atom. The van der Waals surface area contributed by atoms with Gasteiger partial charge in [0.1, 0.15) is 6.29 Å². The summed E-state index contributed by atoms with van der Waals surface area (Å²) in [7, 11) is 0. The van der Waals surface area contributed by atoms with Crippen LogP contribution in [-0.2, 0) is 16.0 Å². The highest BCUT2D eigenvalue weighted by molar-refractivity contribution is 14.1. The van der Waals surface area contributed by atoms with Crippen molar-refractivity contribution >= 4 is 34.8 Å². The lowest BCUT2D eigenvalue weighted by molar-refractivity contribution is -0.142. The molecule has 1 atom stereocenters. The SMILES string of the molecule is C#CC(I)OC(=O)Cc1ccc(C=O)cc1. The molecule has 4 heteroatoms. The Labute approximate surface area is 107 Å². The molecule has 1 unspecified atom stereocenters. The number of carbonyl (C=O) groups is 2. The third-order valence-electron chi connectivity index (χ3n) is 1.83. The largest absolute Gasteiger partial charge is 0.439 e. The van der Waals surface area contributed by atoms with Gasteiger partial charge in [0.25, 0.3) is 0 Å². The summed E-state index contributed by atoms with van der Waals surface area (Å²) >= 11 is 1.85. The Morgan fingerprint density at radius 3 is 2.62 bits per heavy atom. The fourth-order valence-electron chi connectivity index (χ4n) is 1.07. The molecule has 0 heterocycles. The van der Waals surface area contributed by atoms with E-state index in [0.29, 0.717) is 5.56 Å². The van der Waals surface area contributed by atoms with Crippen LogP contribution in [-0.4, -0.2) is 16.4 Å². The van der Waals surface area contributed by atoms with Crippen molar-refractivity contribution in [2.75, 3.05) is 0 Å². The highest BCUT2D eigenvalue weighted by Crippen LogP contribution is 2.07. The summed E-state index contributed by atoms with van der Waals surface area (Å²) in [6.45, 7) is 0. The maximum Gasteiger partial charge on any atom is 0.312 e. The van der Waals surface area contributed by atoms with E-state index in [1.54, 1.807) is 24.3 Å². The minimum atomic E-state index is -0.542. The van der Waals surface area contributed by atoms with Crippen molar-refractivity contribution < 1.29 is 14.3 Å². The number of terminal acetylenes is 1. The van der Waals surface area contributed by atoms with Crippen LogP contribution < -0.4 is 0 Å². The van der Waals surface area contributed by atoms with Gasteiger partial charge in [0, 0.05) is 5.56 Å². The number of ether oxygens (including phenoxy) is 1. The zero-order chi connectivity index (χ0) is 12.0. The van der Waals surface area contributed by atoms with Gasteiger partial charge >= 0.3 is 5.97 Å². The molecule has 16 heavy (non-hydrogen) atoms. The summed E-state index contributed by atoms with van der Waals surface area (Å²) in [6.07, 6.45) is 5.98. The lowest BCUT2D eigenvalue weighted by Crippen LogP contribution is -2.12. The van der Waals surface area contributed by atoms with Crippen LogP contribution in [0.15, 0.2) is 24.3 Å². The number of hydrogen-bond acceptors (Lipinski definition) is 3. The monoisotopic (exact) mass is 328 g/mol. The van der Waals surface area contributed by atoms with Gasteiger partial charge in [-0.05, 0) is 28.2 Å². The number of benzene rings is 1. The summed E-state index contributed by atoms with van der Waals surface area (Å²) in [5, 5.41) is 0. The molecule has 82 valence electrons. The van der Waals surface area contributed by atoms with Crippen molar-refractivity contribution in [1.29, 1.82) is 0 Å². The Bertz CT molecular complexity index is 417. The molecule has 0 saturated carbocycles. The first-order valence-electron chi connectivity index (χ1n) is 4.49. The van der Waals surface area contributed by atoms with E-state index in [1.807, 2.05) is 22.6 Å². The molecule has 0 N–H and O–H groups in total. The van der Waals surface area contributed by atoms with Crippen LogP contribution in [0.4, 0.5) is 0 Å². The van der Waals surface area contributed by atoms with Gasteiger partial charge in [0.2, 0.25) is 4.11 Å². The zero-order valence-electron chi connectivity index (χ0n) is 8.35. The molecule has 1 aromatic carbocycles. The number of carbonyl (C=O) groups excluding carboxylic acids is 2. The van der Waals surface area contributed by atoms with E-state index in [0.717, 1.165) is 11.8 Å². The number of rotatable bonds is 4. The molecule has 0 aliphatic carbocycles. The molecule has 0 saturated heterocycles. The second-order valence-electron chi connectivity index (χ2n) is 3.01. The summed E-state index contributed by atoms with van der Waals surface area (Å²) in [5.74, 6) is 1.92. The normalized spacial score (nSPS) is 11.2. The Balaban J connectivity index is 2.56. The third-order valence-corrected chi connectivity index (χ3v) is 2.44. The summed E-state index contributed by atoms with van der Waals surface area (Å²) in [5.41, 5.74) is 1.36. The molecule has 1 aromatic rings. The number of halogens is 1. The average Bonchev–Trinajstić information content (AvgIpc) is 2.29. The molecule has 1 rings (SSSR count). The molecule has 3 nitrogen and oxygen atoms in total. The standard InChI is InChI=1S/C12H9IO3/c1-2-11(13)16-12(15)7-9-3-5-10(8-14)6-4-9/h1,3-6,8,11H,7H2. The van der Waals surface area contributed by atoms with Gasteiger partial charge in [-0.3, -0.25) is 9.59 Å². The van der Waals surface area contributed by atoms with Crippen LogP contribution in [0.5, 0.6) is 0 Å². The van der Waals surface area contributed by atoms with Crippen molar-refractivity contribution in [3.05, 3.63) is 35.4 Å². The fourth-order valence-corrected chi connectivity index (χ4v) is 1.36. The Kier molecular flexibility index (Phi) is 4.99. The summed E-state index contributed by atoms with van der Waals surface area (Å²) in [4.78, 5) is 21.8. The second-order valence-corrected chi connectivity index (χ2v) is 4.14. The molecule has 0 spiro atoms. The van der Waals surface area contributed by atoms with Crippen LogP contribution in [0, 0.1) is 12.3 Å². The van der Waals surface area contributed by atoms with E-state index < -0.39 is 4.11 Å². The number of alkyl halides is 1. The van der Waals surface area contributed by atoms with Crippen LogP contribution in [0.2, 0.25) is 0 Å². The van der Waals surface area contributed by atoms with Crippen LogP contribution in [0.1, 0.15) is 15.9 Å². The first kappa shape index (κ1) is 12.7. The molecular formula is C12H9IO3. The van der Waals surface area contributed by atoms with Gasteiger partial charge in [-0.2, -0.15) is 0 Å². The molecule has 0 fully saturated rings. The maximum atomic E-state index is 11.3. The minimum Gasteiger partial charge on any atom is -0.439 e. The molecular weight excluding hydrogens is 319 g/mol. The summed E-state index contributed by atoms with van der Waals surface area (Å²) in [6, 6.07) is 6.72. The Hall–Kier alpha value is -1.35. The predicted octanol–water partition coefficient (Wildman–Crippen LogP) is 1.98. The molecule has 0 aromatic heterocycles. The van der Waals surface area contributed by atoms with Gasteiger partial charge < -0.3 is 4.74 Å².